The fourth-order valence-electron chi connectivity index (χ4n) is 6.67. The Morgan fingerprint density at radius 3 is 2.47 bits per heavy atom. The molecule has 2 unspecified atom stereocenters. The van der Waals surface area contributed by atoms with Crippen LogP contribution in [0.15, 0.2) is 24.3 Å². The summed E-state index contributed by atoms with van der Waals surface area (Å²) < 4.78 is 5.41. The lowest BCUT2D eigenvalue weighted by Crippen LogP contribution is -2.55. The third-order valence-corrected chi connectivity index (χ3v) is 8.27. The number of amides is 2. The fourth-order valence-corrected chi connectivity index (χ4v) is 6.67. The normalized spacial score (nSPS) is 28.4. The Labute approximate surface area is 190 Å². The van der Waals surface area contributed by atoms with Crippen molar-refractivity contribution in [2.75, 3.05) is 31.1 Å². The highest BCUT2D eigenvalue weighted by Crippen LogP contribution is 2.48. The van der Waals surface area contributed by atoms with Gasteiger partial charge in [0.05, 0.1) is 0 Å². The summed E-state index contributed by atoms with van der Waals surface area (Å²) in [6.45, 7) is 4.89. The number of carbonyl (C=O) groups excluding carboxylic acids is 2. The van der Waals surface area contributed by atoms with E-state index in [4.69, 9.17) is 11.2 Å². The lowest BCUT2D eigenvalue weighted by molar-refractivity contribution is -0.116. The lowest BCUT2D eigenvalue weighted by Gasteiger charge is -2.47. The molecule has 0 saturated carbocycles. The molecule has 170 valence electrons. The summed E-state index contributed by atoms with van der Waals surface area (Å²) in [6, 6.07) is 9.55. The monoisotopic (exact) mass is 435 g/mol. The number of likely N-dealkylation sites (tertiary alicyclic amines) is 1. The fraction of sp³-hybridized carbons (Fsp3) is 0.615. The van der Waals surface area contributed by atoms with Crippen molar-refractivity contribution < 1.29 is 14.3 Å². The molecule has 1 aromatic rings. The van der Waals surface area contributed by atoms with Crippen LogP contribution in [0.3, 0.4) is 0 Å². The van der Waals surface area contributed by atoms with E-state index >= 15 is 0 Å². The first-order chi connectivity index (χ1) is 15.5. The van der Waals surface area contributed by atoms with Crippen molar-refractivity contribution in [2.45, 2.75) is 75.4 Å². The molecule has 2 bridgehead atoms. The predicted molar refractivity (Wildman–Crippen MR) is 123 cm³/mol. The molecule has 3 fully saturated rings. The summed E-state index contributed by atoms with van der Waals surface area (Å²) in [4.78, 5) is 31.4. The van der Waals surface area contributed by atoms with E-state index in [0.29, 0.717) is 19.1 Å². The maximum absolute atomic E-state index is 12.6. The molecule has 6 heteroatoms. The van der Waals surface area contributed by atoms with E-state index in [1.54, 1.807) is 6.92 Å². The lowest BCUT2D eigenvalue weighted by atomic mass is 9.73. The summed E-state index contributed by atoms with van der Waals surface area (Å²) in [7, 11) is 0. The van der Waals surface area contributed by atoms with Crippen molar-refractivity contribution in [1.82, 2.24) is 9.80 Å². The van der Waals surface area contributed by atoms with Crippen LogP contribution in [0.1, 0.15) is 57.4 Å². The molecular formula is C26H33N3O3. The Bertz CT molecular complexity index is 916. The highest BCUT2D eigenvalue weighted by atomic mass is 16.6. The molecule has 0 N–H and O–H groups in total. The van der Waals surface area contributed by atoms with Crippen molar-refractivity contribution in [2.24, 2.45) is 0 Å². The summed E-state index contributed by atoms with van der Waals surface area (Å²) in [5.74, 6) is 2.66. The van der Waals surface area contributed by atoms with Gasteiger partial charge in [0.15, 0.2) is 0 Å². The highest BCUT2D eigenvalue weighted by Gasteiger charge is 2.49. The number of terminal acetylenes is 1. The molecule has 5 rings (SSSR count). The number of hydrogen-bond donors (Lipinski definition) is 0. The van der Waals surface area contributed by atoms with Crippen LogP contribution < -0.4 is 4.90 Å². The van der Waals surface area contributed by atoms with E-state index in [9.17, 15) is 9.59 Å². The molecule has 1 aromatic carbocycles. The van der Waals surface area contributed by atoms with Crippen LogP contribution in [0.25, 0.3) is 0 Å². The van der Waals surface area contributed by atoms with Gasteiger partial charge in [0.1, 0.15) is 6.61 Å². The van der Waals surface area contributed by atoms with Crippen LogP contribution in [0, 0.1) is 12.3 Å². The number of rotatable bonds is 3. The first-order valence-electron chi connectivity index (χ1n) is 12.0. The third kappa shape index (κ3) is 3.57. The van der Waals surface area contributed by atoms with E-state index in [-0.39, 0.29) is 29.5 Å². The minimum Gasteiger partial charge on any atom is -0.448 e. The first-order valence-corrected chi connectivity index (χ1v) is 12.0. The number of fused-ring (bicyclic) bond motifs is 4. The molecule has 0 aromatic heterocycles. The highest BCUT2D eigenvalue weighted by molar-refractivity contribution is 5.94. The molecule has 32 heavy (non-hydrogen) atoms. The van der Waals surface area contributed by atoms with Crippen LogP contribution in [-0.4, -0.2) is 66.2 Å². The summed E-state index contributed by atoms with van der Waals surface area (Å²) in [6.07, 6.45) is 11.9. The van der Waals surface area contributed by atoms with Crippen molar-refractivity contribution in [3.8, 4) is 12.3 Å². The first kappa shape index (κ1) is 21.3. The second kappa shape index (κ2) is 8.44. The molecule has 0 aliphatic carbocycles. The van der Waals surface area contributed by atoms with Gasteiger partial charge in [-0.05, 0) is 63.2 Å². The molecule has 2 amide bonds. The van der Waals surface area contributed by atoms with Crippen LogP contribution in [0.2, 0.25) is 0 Å². The van der Waals surface area contributed by atoms with Gasteiger partial charge in [-0.1, -0.05) is 18.2 Å². The third-order valence-electron chi connectivity index (χ3n) is 8.27. The average molecular weight is 436 g/mol. The standard InChI is InChI=1S/C26H33N3O3/c1-3-4-15-32-25(31)29-20-9-10-21(29)17-22(16-20)27-13-11-26(12-14-27)18-28(19(2)30)24-8-6-5-7-23(24)26/h1,5-8,20-22H,4,9-18H2,2H3. The van der Waals surface area contributed by atoms with Crippen LogP contribution in [0.5, 0.6) is 0 Å². The molecule has 4 aliphatic heterocycles. The summed E-state index contributed by atoms with van der Waals surface area (Å²) in [5, 5.41) is 0. The van der Waals surface area contributed by atoms with Gasteiger partial charge in [-0.15, -0.1) is 12.3 Å². The number of hydrogen-bond acceptors (Lipinski definition) is 4. The van der Waals surface area contributed by atoms with Crippen molar-refractivity contribution in [3.05, 3.63) is 29.8 Å². The zero-order valence-electron chi connectivity index (χ0n) is 19.0. The van der Waals surface area contributed by atoms with E-state index in [1.807, 2.05) is 15.9 Å². The molecule has 3 saturated heterocycles. The van der Waals surface area contributed by atoms with Crippen LogP contribution in [0.4, 0.5) is 10.5 Å². The van der Waals surface area contributed by atoms with Gasteiger partial charge in [-0.3, -0.25) is 4.79 Å². The average Bonchev–Trinajstić information content (AvgIpc) is 3.26. The van der Waals surface area contributed by atoms with Crippen LogP contribution in [-0.2, 0) is 14.9 Å². The molecule has 6 nitrogen and oxygen atoms in total. The Kier molecular flexibility index (Phi) is 5.63. The number of para-hydroxylation sites is 1. The Balaban J connectivity index is 1.23. The summed E-state index contributed by atoms with van der Waals surface area (Å²) in [5.41, 5.74) is 2.53. The molecule has 1 spiro atoms. The zero-order chi connectivity index (χ0) is 22.3. The number of benzene rings is 1. The second-order valence-corrected chi connectivity index (χ2v) is 9.92. The van der Waals surface area contributed by atoms with Crippen molar-refractivity contribution >= 4 is 17.7 Å². The van der Waals surface area contributed by atoms with E-state index in [1.165, 1.54) is 5.56 Å². The molecule has 4 aliphatic rings. The number of anilines is 1. The zero-order valence-corrected chi connectivity index (χ0v) is 19.0. The smallest absolute Gasteiger partial charge is 0.410 e. The number of ether oxygens (including phenoxy) is 1. The molecular weight excluding hydrogens is 402 g/mol. The predicted octanol–water partition coefficient (Wildman–Crippen LogP) is 3.54. The quantitative estimate of drug-likeness (QED) is 0.538. The molecule has 0 radical (unpaired) electrons. The van der Waals surface area contributed by atoms with Crippen LogP contribution >= 0.6 is 0 Å². The van der Waals surface area contributed by atoms with Gasteiger partial charge in [-0.25, -0.2) is 4.79 Å². The maximum Gasteiger partial charge on any atom is 0.410 e. The topological polar surface area (TPSA) is 53.1 Å². The van der Waals surface area contributed by atoms with Gasteiger partial charge in [-0.2, -0.15) is 0 Å². The van der Waals surface area contributed by atoms with E-state index in [2.05, 4.69) is 29.0 Å². The Hall–Kier alpha value is -2.52. The number of piperidine rings is 2. The number of nitrogens with zero attached hydrogens (tertiary/aromatic N) is 3. The van der Waals surface area contributed by atoms with Gasteiger partial charge in [0.25, 0.3) is 0 Å². The van der Waals surface area contributed by atoms with Crippen molar-refractivity contribution in [1.29, 1.82) is 0 Å². The molecule has 4 heterocycles. The van der Waals surface area contributed by atoms with Crippen molar-refractivity contribution in [3.63, 3.8) is 0 Å². The SMILES string of the molecule is C#CCCOC(=O)N1C2CCC1CC(N1CCC3(CC1)CN(C(C)=O)c1ccccc13)C2. The maximum atomic E-state index is 12.6. The van der Waals surface area contributed by atoms with E-state index < -0.39 is 0 Å². The molecule has 2 atom stereocenters. The van der Waals surface area contributed by atoms with Gasteiger partial charge < -0.3 is 19.4 Å². The minimum absolute atomic E-state index is 0.0826. The van der Waals surface area contributed by atoms with Gasteiger partial charge in [0, 0.05) is 49.1 Å². The van der Waals surface area contributed by atoms with E-state index in [0.717, 1.165) is 63.8 Å². The summed E-state index contributed by atoms with van der Waals surface area (Å²) >= 11 is 0. The Morgan fingerprint density at radius 1 is 1.12 bits per heavy atom. The number of carbonyl (C=O) groups is 2. The minimum atomic E-state index is -0.185. The van der Waals surface area contributed by atoms with Gasteiger partial charge in [0.2, 0.25) is 5.91 Å². The second-order valence-electron chi connectivity index (χ2n) is 9.92. The van der Waals surface area contributed by atoms with Gasteiger partial charge >= 0.3 is 6.09 Å². The Morgan fingerprint density at radius 2 is 1.81 bits per heavy atom. The largest absolute Gasteiger partial charge is 0.448 e.